The Morgan fingerprint density at radius 3 is 1.83 bits per heavy atom. The Bertz CT molecular complexity index is 60.9. The van der Waals surface area contributed by atoms with Gasteiger partial charge < -0.3 is 0 Å². The van der Waals surface area contributed by atoms with Crippen LogP contribution in [0.25, 0.3) is 0 Å². The highest BCUT2D eigenvalue weighted by Crippen LogP contribution is 1.70. The van der Waals surface area contributed by atoms with Gasteiger partial charge in [0.2, 0.25) is 7.85 Å². The first kappa shape index (κ1) is 6.02. The van der Waals surface area contributed by atoms with Crippen LogP contribution in [0.5, 0.6) is 0 Å². The molecule has 0 aromatic rings. The Balaban J connectivity index is 3.68. The van der Waals surface area contributed by atoms with Gasteiger partial charge >= 0.3 is 0 Å². The molecule has 0 aliphatic rings. The zero-order valence-corrected chi connectivity index (χ0v) is 4.66. The third kappa shape index (κ3) is 2.27. The minimum absolute atomic E-state index is 0.315. The maximum absolute atomic E-state index is 5.23. The van der Waals surface area contributed by atoms with Gasteiger partial charge in [-0.2, -0.15) is 0 Å². The second-order valence-electron chi connectivity index (χ2n) is 1.22. The van der Waals surface area contributed by atoms with Gasteiger partial charge in [0.15, 0.2) is 5.07 Å². The van der Waals surface area contributed by atoms with Crippen molar-refractivity contribution < 1.29 is 4.58 Å². The number of hydrogen-bond donors (Lipinski definition) is 0. The minimum Gasteiger partial charge on any atom is -0.239 e. The van der Waals surface area contributed by atoms with Crippen LogP contribution >= 0.6 is 11.6 Å². The summed E-state index contributed by atoms with van der Waals surface area (Å²) >= 11 is 5.23. The summed E-state index contributed by atoms with van der Waals surface area (Å²) in [6.45, 7) is 0. The standard InChI is InChI=1S/C3H6BClN/c1-6(2)3(4)5/h1-2H3/q+1. The summed E-state index contributed by atoms with van der Waals surface area (Å²) in [6.07, 6.45) is 0. The third-order valence-corrected chi connectivity index (χ3v) is 0.765. The van der Waals surface area contributed by atoms with Crippen LogP contribution in [0.15, 0.2) is 0 Å². The Labute approximate surface area is 44.0 Å². The first-order chi connectivity index (χ1) is 2.64. The molecule has 1 nitrogen and oxygen atoms in total. The molecular formula is C3H6BClN+. The van der Waals surface area contributed by atoms with E-state index < -0.39 is 0 Å². The minimum atomic E-state index is 0.315. The second-order valence-corrected chi connectivity index (χ2v) is 1.60. The van der Waals surface area contributed by atoms with Crippen LogP contribution in [-0.4, -0.2) is 31.6 Å². The molecule has 0 aliphatic carbocycles. The highest BCUT2D eigenvalue weighted by Gasteiger charge is 1.86. The zero-order chi connectivity index (χ0) is 5.15. The van der Waals surface area contributed by atoms with Crippen LogP contribution < -0.4 is 0 Å². The van der Waals surface area contributed by atoms with E-state index in [1.54, 1.807) is 18.7 Å². The summed E-state index contributed by atoms with van der Waals surface area (Å²) in [5, 5.41) is 0.315. The average Bonchev–Trinajstić information content (AvgIpc) is 1.36. The fraction of sp³-hybridized carbons (Fsp3) is 0.667. The first-order valence-electron chi connectivity index (χ1n) is 1.60. The van der Waals surface area contributed by atoms with E-state index in [-0.39, 0.29) is 0 Å². The molecule has 0 spiro atoms. The van der Waals surface area contributed by atoms with Crippen molar-refractivity contribution >= 4 is 24.5 Å². The van der Waals surface area contributed by atoms with E-state index >= 15 is 0 Å². The summed E-state index contributed by atoms with van der Waals surface area (Å²) < 4.78 is 1.63. The molecule has 0 fully saturated rings. The molecule has 0 N–H and O–H groups in total. The molecule has 2 radical (unpaired) electrons. The molecule has 6 heavy (non-hydrogen) atoms. The maximum atomic E-state index is 5.23. The summed E-state index contributed by atoms with van der Waals surface area (Å²) in [7, 11) is 8.60. The molecule has 3 heteroatoms. The number of hydrogen-bond acceptors (Lipinski definition) is 0. The SMILES string of the molecule is [B]C(Cl)=[N+](C)C. The van der Waals surface area contributed by atoms with Crippen molar-refractivity contribution in [3.63, 3.8) is 0 Å². The lowest BCUT2D eigenvalue weighted by Gasteiger charge is -1.81. The first-order valence-corrected chi connectivity index (χ1v) is 1.97. The van der Waals surface area contributed by atoms with Crippen LogP contribution in [0.2, 0.25) is 0 Å². The molecule has 0 aromatic heterocycles. The van der Waals surface area contributed by atoms with Crippen molar-refractivity contribution in [3.05, 3.63) is 0 Å². The van der Waals surface area contributed by atoms with E-state index in [9.17, 15) is 0 Å². The van der Waals surface area contributed by atoms with Crippen molar-refractivity contribution in [1.29, 1.82) is 0 Å². The second kappa shape index (κ2) is 2.24. The largest absolute Gasteiger partial charge is 0.239 e. The van der Waals surface area contributed by atoms with E-state index in [0.29, 0.717) is 5.07 Å². The molecule has 0 bridgehead atoms. The molecule has 0 heterocycles. The molecule has 0 saturated heterocycles. The summed E-state index contributed by atoms with van der Waals surface area (Å²) in [4.78, 5) is 0. The highest BCUT2D eigenvalue weighted by atomic mass is 35.5. The monoisotopic (exact) mass is 102 g/mol. The zero-order valence-electron chi connectivity index (χ0n) is 3.90. The van der Waals surface area contributed by atoms with E-state index in [1.807, 2.05) is 0 Å². The van der Waals surface area contributed by atoms with Crippen LogP contribution in [0.4, 0.5) is 0 Å². The van der Waals surface area contributed by atoms with Crippen LogP contribution in [0, 0.1) is 0 Å². The van der Waals surface area contributed by atoms with Gasteiger partial charge in [0, 0.05) is 0 Å². The van der Waals surface area contributed by atoms with Crippen molar-refractivity contribution in [1.82, 2.24) is 0 Å². The topological polar surface area (TPSA) is 3.01 Å². The summed E-state index contributed by atoms with van der Waals surface area (Å²) in [5.74, 6) is 0. The Kier molecular flexibility index (Phi) is 2.25. The van der Waals surface area contributed by atoms with E-state index in [0.717, 1.165) is 0 Å². The van der Waals surface area contributed by atoms with Crippen LogP contribution in [0.3, 0.4) is 0 Å². The summed E-state index contributed by atoms with van der Waals surface area (Å²) in [5.41, 5.74) is 0. The average molecular weight is 102 g/mol. The smallest absolute Gasteiger partial charge is 0.230 e. The predicted molar refractivity (Wildman–Crippen MR) is 28.7 cm³/mol. The normalized spacial score (nSPS) is 7.83. The fourth-order valence-electron chi connectivity index (χ4n) is 0. The van der Waals surface area contributed by atoms with Crippen molar-refractivity contribution in [2.24, 2.45) is 0 Å². The Morgan fingerprint density at radius 1 is 1.67 bits per heavy atom. The van der Waals surface area contributed by atoms with Crippen LogP contribution in [-0.2, 0) is 0 Å². The van der Waals surface area contributed by atoms with Crippen molar-refractivity contribution in [2.45, 2.75) is 0 Å². The van der Waals surface area contributed by atoms with Gasteiger partial charge in [0.05, 0.1) is 0 Å². The van der Waals surface area contributed by atoms with Gasteiger partial charge in [-0.25, -0.2) is 4.58 Å². The molecule has 0 rings (SSSR count). The molecular weight excluding hydrogens is 96.3 g/mol. The highest BCUT2D eigenvalue weighted by molar-refractivity contribution is 6.91. The molecule has 0 aliphatic heterocycles. The Hall–Kier alpha value is 0.0249. The number of nitrogens with zero attached hydrogens (tertiary/aromatic N) is 1. The number of rotatable bonds is 0. The lowest BCUT2D eigenvalue weighted by molar-refractivity contribution is -0.459. The lowest BCUT2D eigenvalue weighted by atomic mass is 10.2. The molecule has 32 valence electrons. The molecule has 0 saturated carbocycles. The Morgan fingerprint density at radius 2 is 1.83 bits per heavy atom. The lowest BCUT2D eigenvalue weighted by Crippen LogP contribution is -2.05. The molecule has 0 amide bonds. The van der Waals surface area contributed by atoms with Gasteiger partial charge in [0.25, 0.3) is 0 Å². The fourth-order valence-corrected chi connectivity index (χ4v) is 0. The van der Waals surface area contributed by atoms with E-state index in [4.69, 9.17) is 19.4 Å². The van der Waals surface area contributed by atoms with Gasteiger partial charge in [-0.15, -0.1) is 0 Å². The van der Waals surface area contributed by atoms with Gasteiger partial charge in [-0.3, -0.25) is 0 Å². The number of halogens is 1. The third-order valence-electron chi connectivity index (χ3n) is 0.427. The van der Waals surface area contributed by atoms with Crippen molar-refractivity contribution in [3.8, 4) is 0 Å². The van der Waals surface area contributed by atoms with E-state index in [1.165, 1.54) is 0 Å². The van der Waals surface area contributed by atoms with E-state index in [2.05, 4.69) is 0 Å². The van der Waals surface area contributed by atoms with Gasteiger partial charge in [0.1, 0.15) is 14.1 Å². The molecule has 0 unspecified atom stereocenters. The maximum Gasteiger partial charge on any atom is 0.230 e. The predicted octanol–water partition coefficient (Wildman–Crippen LogP) is 0.0218. The molecule has 0 aromatic carbocycles. The van der Waals surface area contributed by atoms with Crippen LogP contribution in [0.1, 0.15) is 0 Å². The molecule has 0 atom stereocenters. The van der Waals surface area contributed by atoms with Crippen molar-refractivity contribution in [2.75, 3.05) is 14.1 Å². The van der Waals surface area contributed by atoms with Gasteiger partial charge in [-0.05, 0) is 11.6 Å². The summed E-state index contributed by atoms with van der Waals surface area (Å²) in [6, 6.07) is 0. The quantitative estimate of drug-likeness (QED) is 0.230. The van der Waals surface area contributed by atoms with Gasteiger partial charge in [-0.1, -0.05) is 0 Å².